The fourth-order valence-electron chi connectivity index (χ4n) is 2.34. The second-order valence-electron chi connectivity index (χ2n) is 4.43. The van der Waals surface area contributed by atoms with Gasteiger partial charge in [0, 0.05) is 24.5 Å². The smallest absolute Gasteiger partial charge is 0.287 e. The fraction of sp³-hybridized carbons (Fsp3) is 0.455. The maximum absolute atomic E-state index is 12.8. The SMILES string of the molecule is FC(F)(F)C1CCc2nc3ncc(Br)cn3c2C1. The van der Waals surface area contributed by atoms with Crippen molar-refractivity contribution in [3.8, 4) is 0 Å². The summed E-state index contributed by atoms with van der Waals surface area (Å²) >= 11 is 3.27. The van der Waals surface area contributed by atoms with Crippen molar-refractivity contribution in [1.82, 2.24) is 14.4 Å². The lowest BCUT2D eigenvalue weighted by Crippen LogP contribution is -2.29. The predicted molar refractivity (Wildman–Crippen MR) is 62.3 cm³/mol. The van der Waals surface area contributed by atoms with Gasteiger partial charge in [0.2, 0.25) is 5.78 Å². The Morgan fingerprint density at radius 2 is 2.17 bits per heavy atom. The zero-order chi connectivity index (χ0) is 12.9. The molecule has 2 heterocycles. The van der Waals surface area contributed by atoms with Crippen molar-refractivity contribution in [2.24, 2.45) is 5.92 Å². The lowest BCUT2D eigenvalue weighted by Gasteiger charge is -2.24. The van der Waals surface area contributed by atoms with E-state index in [0.717, 1.165) is 10.2 Å². The first kappa shape index (κ1) is 12.0. The van der Waals surface area contributed by atoms with Gasteiger partial charge in [0.25, 0.3) is 0 Å². The molecule has 3 nitrogen and oxygen atoms in total. The van der Waals surface area contributed by atoms with Gasteiger partial charge in [-0.15, -0.1) is 0 Å². The number of aryl methyl sites for hydroxylation is 1. The van der Waals surface area contributed by atoms with E-state index in [-0.39, 0.29) is 12.8 Å². The van der Waals surface area contributed by atoms with Crippen molar-refractivity contribution in [2.75, 3.05) is 0 Å². The maximum Gasteiger partial charge on any atom is 0.392 e. The minimum absolute atomic E-state index is 0.0157. The maximum atomic E-state index is 12.8. The predicted octanol–water partition coefficient (Wildman–Crippen LogP) is 3.16. The molecule has 1 unspecified atom stereocenters. The molecule has 3 rings (SSSR count). The Kier molecular flexibility index (Phi) is 2.62. The third kappa shape index (κ3) is 1.90. The van der Waals surface area contributed by atoms with Crippen LogP contribution in [0.5, 0.6) is 0 Å². The van der Waals surface area contributed by atoms with Gasteiger partial charge < -0.3 is 0 Å². The first-order chi connectivity index (χ1) is 8.45. The average molecular weight is 320 g/mol. The largest absolute Gasteiger partial charge is 0.392 e. The molecule has 0 amide bonds. The number of halogens is 4. The topological polar surface area (TPSA) is 30.2 Å². The Morgan fingerprint density at radius 1 is 1.39 bits per heavy atom. The molecule has 0 N–H and O–H groups in total. The molecule has 2 aromatic heterocycles. The first-order valence-electron chi connectivity index (χ1n) is 5.53. The van der Waals surface area contributed by atoms with Crippen LogP contribution in [0, 0.1) is 5.92 Å². The third-order valence-corrected chi connectivity index (χ3v) is 3.67. The van der Waals surface area contributed by atoms with Gasteiger partial charge >= 0.3 is 6.18 Å². The molecule has 1 atom stereocenters. The highest BCUT2D eigenvalue weighted by molar-refractivity contribution is 9.10. The molecule has 7 heteroatoms. The van der Waals surface area contributed by atoms with Crippen LogP contribution < -0.4 is 0 Å². The Labute approximate surface area is 109 Å². The summed E-state index contributed by atoms with van der Waals surface area (Å²) in [5, 5.41) is 0. The number of nitrogens with zero attached hydrogens (tertiary/aromatic N) is 3. The number of aromatic nitrogens is 3. The minimum atomic E-state index is -4.14. The van der Waals surface area contributed by atoms with Crippen LogP contribution in [0.3, 0.4) is 0 Å². The molecular weight excluding hydrogens is 311 g/mol. The summed E-state index contributed by atoms with van der Waals surface area (Å²) in [5.74, 6) is -0.810. The van der Waals surface area contributed by atoms with Crippen molar-refractivity contribution < 1.29 is 13.2 Å². The summed E-state index contributed by atoms with van der Waals surface area (Å²) in [6, 6.07) is 0. The van der Waals surface area contributed by atoms with Crippen LogP contribution in [0.1, 0.15) is 17.8 Å². The van der Waals surface area contributed by atoms with E-state index < -0.39 is 12.1 Å². The summed E-state index contributed by atoms with van der Waals surface area (Å²) in [4.78, 5) is 8.37. The zero-order valence-electron chi connectivity index (χ0n) is 9.21. The highest BCUT2D eigenvalue weighted by Crippen LogP contribution is 2.37. The summed E-state index contributed by atoms with van der Waals surface area (Å²) in [6.07, 6.45) is -0.372. The van der Waals surface area contributed by atoms with Crippen LogP contribution in [-0.2, 0) is 12.8 Å². The van der Waals surface area contributed by atoms with Gasteiger partial charge in [0.1, 0.15) is 0 Å². The lowest BCUT2D eigenvalue weighted by molar-refractivity contribution is -0.177. The van der Waals surface area contributed by atoms with Crippen molar-refractivity contribution >= 4 is 21.7 Å². The van der Waals surface area contributed by atoms with Crippen LogP contribution in [0.15, 0.2) is 16.9 Å². The molecule has 0 fully saturated rings. The van der Waals surface area contributed by atoms with Crippen molar-refractivity contribution in [3.05, 3.63) is 28.3 Å². The van der Waals surface area contributed by atoms with Gasteiger partial charge in [-0.05, 0) is 28.8 Å². The molecule has 0 saturated carbocycles. The molecule has 1 aliphatic rings. The van der Waals surface area contributed by atoms with E-state index in [0.29, 0.717) is 17.9 Å². The number of alkyl halides is 3. The molecule has 0 aromatic carbocycles. The first-order valence-corrected chi connectivity index (χ1v) is 6.32. The van der Waals surface area contributed by atoms with Gasteiger partial charge in [0.15, 0.2) is 0 Å². The van der Waals surface area contributed by atoms with E-state index in [1.165, 1.54) is 0 Å². The normalized spacial score (nSPS) is 20.1. The number of hydrogen-bond donors (Lipinski definition) is 0. The highest BCUT2D eigenvalue weighted by atomic mass is 79.9. The number of hydrogen-bond acceptors (Lipinski definition) is 2. The average Bonchev–Trinajstić information content (AvgIpc) is 2.65. The van der Waals surface area contributed by atoms with Gasteiger partial charge in [0.05, 0.1) is 16.1 Å². The summed E-state index contributed by atoms with van der Waals surface area (Å²) < 4.78 is 40.7. The van der Waals surface area contributed by atoms with E-state index in [2.05, 4.69) is 25.9 Å². The van der Waals surface area contributed by atoms with Crippen molar-refractivity contribution in [2.45, 2.75) is 25.4 Å². The van der Waals surface area contributed by atoms with Crippen LogP contribution in [0.4, 0.5) is 13.2 Å². The Hall–Kier alpha value is -1.11. The lowest BCUT2D eigenvalue weighted by atomic mass is 9.89. The molecule has 18 heavy (non-hydrogen) atoms. The Balaban J connectivity index is 2.08. The highest BCUT2D eigenvalue weighted by Gasteiger charge is 2.42. The molecule has 0 aliphatic heterocycles. The summed E-state index contributed by atoms with van der Waals surface area (Å²) in [5.41, 5.74) is 1.37. The van der Waals surface area contributed by atoms with E-state index in [4.69, 9.17) is 0 Å². The summed E-state index contributed by atoms with van der Waals surface area (Å²) in [7, 11) is 0. The Bertz CT molecular complexity index is 605. The van der Waals surface area contributed by atoms with Gasteiger partial charge in [-0.2, -0.15) is 13.2 Å². The van der Waals surface area contributed by atoms with Gasteiger partial charge in [-0.25, -0.2) is 9.97 Å². The number of fused-ring (bicyclic) bond motifs is 3. The van der Waals surface area contributed by atoms with Crippen LogP contribution >= 0.6 is 15.9 Å². The van der Waals surface area contributed by atoms with Crippen molar-refractivity contribution in [1.29, 1.82) is 0 Å². The van der Waals surface area contributed by atoms with E-state index >= 15 is 0 Å². The standard InChI is InChI=1S/C11H9BrF3N3/c12-7-4-16-10-17-8-2-1-6(11(13,14)15)3-9(8)18(10)5-7/h4-6H,1-3H2. The molecule has 0 bridgehead atoms. The zero-order valence-corrected chi connectivity index (χ0v) is 10.8. The molecule has 0 saturated heterocycles. The number of imidazole rings is 1. The van der Waals surface area contributed by atoms with Gasteiger partial charge in [-0.1, -0.05) is 0 Å². The van der Waals surface area contributed by atoms with Crippen LogP contribution in [-0.4, -0.2) is 20.5 Å². The minimum Gasteiger partial charge on any atom is -0.287 e. The monoisotopic (exact) mass is 319 g/mol. The van der Waals surface area contributed by atoms with E-state index in [1.54, 1.807) is 16.8 Å². The third-order valence-electron chi connectivity index (χ3n) is 3.26. The molecular formula is C11H9BrF3N3. The molecule has 1 aliphatic carbocycles. The fourth-order valence-corrected chi connectivity index (χ4v) is 2.65. The number of rotatable bonds is 0. The van der Waals surface area contributed by atoms with E-state index in [9.17, 15) is 13.2 Å². The second-order valence-corrected chi connectivity index (χ2v) is 5.34. The molecule has 96 valence electrons. The van der Waals surface area contributed by atoms with Crippen LogP contribution in [0.2, 0.25) is 0 Å². The molecule has 0 radical (unpaired) electrons. The quantitative estimate of drug-likeness (QED) is 0.746. The van der Waals surface area contributed by atoms with Gasteiger partial charge in [-0.3, -0.25) is 4.40 Å². The molecule has 0 spiro atoms. The van der Waals surface area contributed by atoms with Crippen LogP contribution in [0.25, 0.3) is 5.78 Å². The molecule has 2 aromatic rings. The van der Waals surface area contributed by atoms with E-state index in [1.807, 2.05) is 0 Å². The van der Waals surface area contributed by atoms with Crippen molar-refractivity contribution in [3.63, 3.8) is 0 Å². The second kappa shape index (κ2) is 3.94. The Morgan fingerprint density at radius 3 is 2.89 bits per heavy atom. The summed E-state index contributed by atoms with van der Waals surface area (Å²) in [6.45, 7) is 0.